The molecule has 9 heteroatoms. The van der Waals surface area contributed by atoms with Gasteiger partial charge in [0.15, 0.2) is 17.3 Å². The molecule has 2 heterocycles. The lowest BCUT2D eigenvalue weighted by atomic mass is 10.1. The summed E-state index contributed by atoms with van der Waals surface area (Å²) in [6.45, 7) is 2.82. The van der Waals surface area contributed by atoms with Gasteiger partial charge in [0, 0.05) is 5.56 Å². The maximum absolute atomic E-state index is 12.9. The highest BCUT2D eigenvalue weighted by Crippen LogP contribution is 2.38. The van der Waals surface area contributed by atoms with Gasteiger partial charge in [-0.15, -0.1) is 5.10 Å². The van der Waals surface area contributed by atoms with Gasteiger partial charge in [-0.05, 0) is 54.5 Å². The van der Waals surface area contributed by atoms with Crippen LogP contribution in [0.4, 0.5) is 0 Å². The van der Waals surface area contributed by atoms with E-state index in [1.807, 2.05) is 24.3 Å². The molecule has 4 rings (SSSR count). The molecule has 0 unspecified atom stereocenters. The van der Waals surface area contributed by atoms with E-state index in [4.69, 9.17) is 18.9 Å². The fourth-order valence-electron chi connectivity index (χ4n) is 3.33. The number of aromatic nitrogens is 3. The molecule has 8 nitrogen and oxygen atoms in total. The minimum Gasteiger partial charge on any atom is -0.494 e. The molecule has 2 aromatic carbocycles. The Morgan fingerprint density at radius 2 is 1.73 bits per heavy atom. The van der Waals surface area contributed by atoms with Crippen molar-refractivity contribution in [3.8, 4) is 34.4 Å². The van der Waals surface area contributed by atoms with Crippen LogP contribution in [-0.2, 0) is 0 Å². The van der Waals surface area contributed by atoms with Gasteiger partial charge in [-0.2, -0.15) is 9.50 Å². The number of methoxy groups -OCH3 is 3. The number of ether oxygens (including phenoxy) is 4. The first kappa shape index (κ1) is 22.6. The van der Waals surface area contributed by atoms with Gasteiger partial charge in [-0.25, -0.2) is 0 Å². The largest absolute Gasteiger partial charge is 0.494 e. The highest BCUT2D eigenvalue weighted by atomic mass is 32.1. The van der Waals surface area contributed by atoms with Crippen LogP contribution < -0.4 is 29.0 Å². The Morgan fingerprint density at radius 3 is 2.30 bits per heavy atom. The number of nitrogens with zero attached hydrogens (tertiary/aromatic N) is 3. The minimum absolute atomic E-state index is 0.234. The Labute approximate surface area is 195 Å². The lowest BCUT2D eigenvalue weighted by molar-refractivity contribution is 0.309. The normalized spacial score (nSPS) is 11.7. The van der Waals surface area contributed by atoms with Crippen molar-refractivity contribution in [2.24, 2.45) is 0 Å². The SMILES string of the molecule is CCCCOc1ccc(-c2nc3s/c(=C\c4cc(OC)c(OC)c(OC)c4)c(=O)n3n2)cc1. The number of fused-ring (bicyclic) bond motifs is 1. The smallest absolute Gasteiger partial charge is 0.291 e. The predicted octanol–water partition coefficient (Wildman–Crippen LogP) is 3.57. The molecule has 0 saturated carbocycles. The first-order chi connectivity index (χ1) is 16.1. The van der Waals surface area contributed by atoms with E-state index in [1.54, 1.807) is 39.5 Å². The Balaban J connectivity index is 1.65. The summed E-state index contributed by atoms with van der Waals surface area (Å²) in [5.74, 6) is 2.82. The van der Waals surface area contributed by atoms with Crippen LogP contribution in [0.15, 0.2) is 41.2 Å². The van der Waals surface area contributed by atoms with E-state index in [0.717, 1.165) is 29.7 Å². The van der Waals surface area contributed by atoms with Crippen LogP contribution >= 0.6 is 11.3 Å². The summed E-state index contributed by atoms with van der Waals surface area (Å²) in [5, 5.41) is 4.42. The van der Waals surface area contributed by atoms with Crippen LogP contribution in [-0.4, -0.2) is 42.5 Å². The van der Waals surface area contributed by atoms with Crippen molar-refractivity contribution in [3.05, 3.63) is 56.8 Å². The first-order valence-corrected chi connectivity index (χ1v) is 11.3. The lowest BCUT2D eigenvalue weighted by Gasteiger charge is -2.12. The molecular weight excluding hydrogens is 442 g/mol. The molecule has 0 aliphatic carbocycles. The van der Waals surface area contributed by atoms with Gasteiger partial charge < -0.3 is 18.9 Å². The van der Waals surface area contributed by atoms with E-state index >= 15 is 0 Å². The third-order valence-electron chi connectivity index (χ3n) is 5.05. The monoisotopic (exact) mass is 467 g/mol. The van der Waals surface area contributed by atoms with Crippen LogP contribution in [0, 0.1) is 0 Å². The number of thiazole rings is 1. The number of benzene rings is 2. The second-order valence-electron chi connectivity index (χ2n) is 7.23. The highest BCUT2D eigenvalue weighted by Gasteiger charge is 2.15. The molecule has 0 N–H and O–H groups in total. The zero-order valence-electron chi connectivity index (χ0n) is 19.0. The molecule has 0 bridgehead atoms. The Hall–Kier alpha value is -3.59. The number of hydrogen-bond acceptors (Lipinski definition) is 8. The summed E-state index contributed by atoms with van der Waals surface area (Å²) in [5.41, 5.74) is 1.33. The van der Waals surface area contributed by atoms with Crippen molar-refractivity contribution in [2.45, 2.75) is 19.8 Å². The van der Waals surface area contributed by atoms with Crippen molar-refractivity contribution in [3.63, 3.8) is 0 Å². The lowest BCUT2D eigenvalue weighted by Crippen LogP contribution is -2.23. The Morgan fingerprint density at radius 1 is 1.03 bits per heavy atom. The molecule has 0 amide bonds. The molecule has 0 fully saturated rings. The molecule has 33 heavy (non-hydrogen) atoms. The second-order valence-corrected chi connectivity index (χ2v) is 8.24. The maximum atomic E-state index is 12.9. The Bertz CT molecular complexity index is 1340. The molecule has 0 saturated heterocycles. The third kappa shape index (κ3) is 4.63. The highest BCUT2D eigenvalue weighted by molar-refractivity contribution is 7.15. The first-order valence-electron chi connectivity index (χ1n) is 10.5. The van der Waals surface area contributed by atoms with Gasteiger partial charge in [0.05, 0.1) is 32.5 Å². The van der Waals surface area contributed by atoms with E-state index in [9.17, 15) is 4.79 Å². The molecule has 0 radical (unpaired) electrons. The average Bonchev–Trinajstić information content (AvgIpc) is 3.38. The summed E-state index contributed by atoms with van der Waals surface area (Å²) >= 11 is 1.27. The van der Waals surface area contributed by atoms with Crippen LogP contribution in [0.2, 0.25) is 0 Å². The van der Waals surface area contributed by atoms with Crippen LogP contribution in [0.1, 0.15) is 25.3 Å². The second kappa shape index (κ2) is 9.91. The van der Waals surface area contributed by atoms with Gasteiger partial charge in [-0.3, -0.25) is 4.79 Å². The van der Waals surface area contributed by atoms with Crippen molar-refractivity contribution >= 4 is 22.4 Å². The van der Waals surface area contributed by atoms with Crippen molar-refractivity contribution in [1.29, 1.82) is 0 Å². The van der Waals surface area contributed by atoms with E-state index in [1.165, 1.54) is 15.9 Å². The van der Waals surface area contributed by atoms with E-state index in [2.05, 4.69) is 17.0 Å². The summed E-state index contributed by atoms with van der Waals surface area (Å²) in [6.07, 6.45) is 3.86. The van der Waals surface area contributed by atoms with Crippen molar-refractivity contribution < 1.29 is 18.9 Å². The van der Waals surface area contributed by atoms with Crippen LogP contribution in [0.5, 0.6) is 23.0 Å². The standard InChI is InChI=1S/C24H25N3O5S/c1-5-6-11-32-17-9-7-16(8-10-17)22-25-24-27(26-22)23(28)20(33-24)14-15-12-18(29-2)21(31-4)19(13-15)30-3/h7-10,12-14H,5-6,11H2,1-4H3/b20-14-. The zero-order chi connectivity index (χ0) is 23.4. The Kier molecular flexibility index (Phi) is 6.79. The van der Waals surface area contributed by atoms with Gasteiger partial charge in [0.25, 0.3) is 5.56 Å². The summed E-state index contributed by atoms with van der Waals surface area (Å²) < 4.78 is 23.7. The fourth-order valence-corrected chi connectivity index (χ4v) is 4.23. The summed E-state index contributed by atoms with van der Waals surface area (Å²) in [6, 6.07) is 11.1. The van der Waals surface area contributed by atoms with E-state index < -0.39 is 0 Å². The molecular formula is C24H25N3O5S. The number of hydrogen-bond donors (Lipinski definition) is 0. The van der Waals surface area contributed by atoms with E-state index in [0.29, 0.717) is 39.2 Å². The average molecular weight is 468 g/mol. The van der Waals surface area contributed by atoms with Crippen LogP contribution in [0.3, 0.4) is 0 Å². The molecule has 0 aliphatic heterocycles. The fraction of sp³-hybridized carbons (Fsp3) is 0.292. The molecule has 172 valence electrons. The number of unbranched alkanes of at least 4 members (excludes halogenated alkanes) is 1. The maximum Gasteiger partial charge on any atom is 0.291 e. The third-order valence-corrected chi connectivity index (χ3v) is 6.00. The molecule has 0 atom stereocenters. The van der Waals surface area contributed by atoms with Gasteiger partial charge in [0.2, 0.25) is 10.7 Å². The molecule has 0 aliphatic rings. The summed E-state index contributed by atoms with van der Waals surface area (Å²) in [4.78, 5) is 18.0. The topological polar surface area (TPSA) is 84.2 Å². The van der Waals surface area contributed by atoms with Crippen molar-refractivity contribution in [2.75, 3.05) is 27.9 Å². The summed E-state index contributed by atoms with van der Waals surface area (Å²) in [7, 11) is 4.65. The van der Waals surface area contributed by atoms with E-state index in [-0.39, 0.29) is 5.56 Å². The van der Waals surface area contributed by atoms with Crippen LogP contribution in [0.25, 0.3) is 22.4 Å². The molecule has 0 spiro atoms. The van der Waals surface area contributed by atoms with Gasteiger partial charge >= 0.3 is 0 Å². The molecule has 4 aromatic rings. The van der Waals surface area contributed by atoms with Crippen molar-refractivity contribution in [1.82, 2.24) is 14.6 Å². The zero-order valence-corrected chi connectivity index (χ0v) is 19.8. The minimum atomic E-state index is -0.234. The number of rotatable bonds is 9. The van der Waals surface area contributed by atoms with Gasteiger partial charge in [0.1, 0.15) is 5.75 Å². The molecule has 2 aromatic heterocycles. The predicted molar refractivity (Wildman–Crippen MR) is 128 cm³/mol. The van der Waals surface area contributed by atoms with Gasteiger partial charge in [-0.1, -0.05) is 24.7 Å². The quantitative estimate of drug-likeness (QED) is 0.348.